The van der Waals surface area contributed by atoms with Crippen molar-refractivity contribution >= 4 is 11.8 Å². The quantitative estimate of drug-likeness (QED) is 0.724. The highest BCUT2D eigenvalue weighted by Gasteiger charge is 2.07. The van der Waals surface area contributed by atoms with Gasteiger partial charge in [0.15, 0.2) is 0 Å². The zero-order valence-corrected chi connectivity index (χ0v) is 12.3. The molecule has 0 aromatic carbocycles. The first-order chi connectivity index (χ1) is 8.15. The van der Waals surface area contributed by atoms with Crippen molar-refractivity contribution in [2.45, 2.75) is 52.7 Å². The largest absolute Gasteiger partial charge is 0.331 e. The fourth-order valence-corrected chi connectivity index (χ4v) is 2.53. The normalized spacial score (nSPS) is 13.2. The van der Waals surface area contributed by atoms with Crippen molar-refractivity contribution in [2.75, 3.05) is 11.5 Å². The van der Waals surface area contributed by atoms with Crippen LogP contribution in [-0.2, 0) is 6.54 Å². The molecule has 1 unspecified atom stereocenters. The number of hydrogen-bond acceptors (Lipinski definition) is 3. The van der Waals surface area contributed by atoms with Gasteiger partial charge in [0.25, 0.3) is 0 Å². The smallest absolute Gasteiger partial charge is 0.0951 e. The minimum atomic E-state index is 0.486. The molecule has 98 valence electrons. The van der Waals surface area contributed by atoms with E-state index in [2.05, 4.69) is 42.6 Å². The molecular weight excluding hydrogens is 230 g/mol. The molecule has 0 saturated heterocycles. The Morgan fingerprint density at radius 1 is 1.41 bits per heavy atom. The average molecular weight is 255 g/mol. The van der Waals surface area contributed by atoms with Crippen LogP contribution in [0.25, 0.3) is 0 Å². The van der Waals surface area contributed by atoms with Crippen molar-refractivity contribution in [3.63, 3.8) is 0 Å². The second-order valence-electron chi connectivity index (χ2n) is 4.65. The molecule has 1 rings (SSSR count). The van der Waals surface area contributed by atoms with E-state index < -0.39 is 0 Å². The van der Waals surface area contributed by atoms with Crippen LogP contribution in [0.1, 0.15) is 45.9 Å². The number of imidazole rings is 1. The third kappa shape index (κ3) is 5.13. The Balaban J connectivity index is 2.31. The molecule has 0 fully saturated rings. The van der Waals surface area contributed by atoms with E-state index in [1.54, 1.807) is 0 Å². The van der Waals surface area contributed by atoms with Crippen LogP contribution < -0.4 is 5.32 Å². The summed E-state index contributed by atoms with van der Waals surface area (Å²) in [5.41, 5.74) is 1.27. The number of rotatable bonds is 8. The standard InChI is InChI=1S/C13H25N3S/c1-5-17-7-6-12(4)15-9-13-8-14-10-16(13)11(2)3/h8,10-12,15H,5-7,9H2,1-4H3. The lowest BCUT2D eigenvalue weighted by atomic mass is 10.2. The maximum Gasteiger partial charge on any atom is 0.0951 e. The molecule has 4 heteroatoms. The van der Waals surface area contributed by atoms with Crippen LogP contribution >= 0.6 is 11.8 Å². The molecule has 0 radical (unpaired) electrons. The van der Waals surface area contributed by atoms with Crippen LogP contribution in [0.15, 0.2) is 12.5 Å². The van der Waals surface area contributed by atoms with Crippen molar-refractivity contribution in [1.29, 1.82) is 0 Å². The van der Waals surface area contributed by atoms with Crippen molar-refractivity contribution in [1.82, 2.24) is 14.9 Å². The van der Waals surface area contributed by atoms with Gasteiger partial charge in [0.2, 0.25) is 0 Å². The molecule has 17 heavy (non-hydrogen) atoms. The Hall–Kier alpha value is -0.480. The second-order valence-corrected chi connectivity index (χ2v) is 6.05. The first-order valence-corrected chi connectivity index (χ1v) is 7.62. The topological polar surface area (TPSA) is 29.9 Å². The zero-order chi connectivity index (χ0) is 12.7. The third-order valence-corrected chi connectivity index (χ3v) is 3.77. The number of nitrogens with one attached hydrogen (secondary N) is 1. The van der Waals surface area contributed by atoms with Crippen LogP contribution in [-0.4, -0.2) is 27.1 Å². The van der Waals surface area contributed by atoms with E-state index >= 15 is 0 Å². The molecule has 0 aliphatic rings. The highest BCUT2D eigenvalue weighted by Crippen LogP contribution is 2.09. The van der Waals surface area contributed by atoms with Gasteiger partial charge in [-0.15, -0.1) is 0 Å². The van der Waals surface area contributed by atoms with E-state index in [1.165, 1.54) is 23.6 Å². The molecule has 0 aliphatic carbocycles. The highest BCUT2D eigenvalue weighted by molar-refractivity contribution is 7.99. The molecule has 0 amide bonds. The van der Waals surface area contributed by atoms with E-state index in [9.17, 15) is 0 Å². The van der Waals surface area contributed by atoms with E-state index in [-0.39, 0.29) is 0 Å². The fraction of sp³-hybridized carbons (Fsp3) is 0.769. The molecule has 1 aromatic heterocycles. The summed E-state index contributed by atoms with van der Waals surface area (Å²) >= 11 is 2.01. The lowest BCUT2D eigenvalue weighted by Crippen LogP contribution is -2.27. The molecule has 1 atom stereocenters. The number of thioether (sulfide) groups is 1. The molecule has 3 nitrogen and oxygen atoms in total. The van der Waals surface area contributed by atoms with Crippen LogP contribution in [0.4, 0.5) is 0 Å². The van der Waals surface area contributed by atoms with Gasteiger partial charge in [-0.05, 0) is 38.7 Å². The summed E-state index contributed by atoms with van der Waals surface area (Å²) < 4.78 is 2.22. The van der Waals surface area contributed by atoms with Crippen molar-refractivity contribution < 1.29 is 0 Å². The van der Waals surface area contributed by atoms with Gasteiger partial charge in [-0.1, -0.05) is 6.92 Å². The van der Waals surface area contributed by atoms with Gasteiger partial charge in [-0.2, -0.15) is 11.8 Å². The Morgan fingerprint density at radius 2 is 2.18 bits per heavy atom. The van der Waals surface area contributed by atoms with Crippen LogP contribution in [0.2, 0.25) is 0 Å². The van der Waals surface area contributed by atoms with Crippen LogP contribution in [0.3, 0.4) is 0 Å². The first-order valence-electron chi connectivity index (χ1n) is 6.47. The monoisotopic (exact) mass is 255 g/mol. The second kappa shape index (κ2) is 7.77. The predicted octanol–water partition coefficient (Wildman–Crippen LogP) is 3.09. The molecule has 1 aromatic rings. The fourth-order valence-electron chi connectivity index (χ4n) is 1.72. The van der Waals surface area contributed by atoms with E-state index in [0.717, 1.165) is 6.54 Å². The molecular formula is C13H25N3S. The van der Waals surface area contributed by atoms with Gasteiger partial charge in [-0.3, -0.25) is 0 Å². The number of aromatic nitrogens is 2. The minimum absolute atomic E-state index is 0.486. The Kier molecular flexibility index (Phi) is 6.66. The third-order valence-electron chi connectivity index (χ3n) is 2.83. The summed E-state index contributed by atoms with van der Waals surface area (Å²) in [4.78, 5) is 4.22. The molecule has 1 N–H and O–H groups in total. The van der Waals surface area contributed by atoms with Crippen molar-refractivity contribution in [3.05, 3.63) is 18.2 Å². The first kappa shape index (κ1) is 14.6. The van der Waals surface area contributed by atoms with Gasteiger partial charge < -0.3 is 9.88 Å². The van der Waals surface area contributed by atoms with Crippen LogP contribution in [0.5, 0.6) is 0 Å². The van der Waals surface area contributed by atoms with Gasteiger partial charge in [0.05, 0.1) is 12.0 Å². The summed E-state index contributed by atoms with van der Waals surface area (Å²) in [5.74, 6) is 2.46. The summed E-state index contributed by atoms with van der Waals surface area (Å²) in [6.07, 6.45) is 5.11. The Bertz CT molecular complexity index is 309. The average Bonchev–Trinajstić information content (AvgIpc) is 2.75. The Morgan fingerprint density at radius 3 is 2.82 bits per heavy atom. The summed E-state index contributed by atoms with van der Waals surface area (Å²) in [5, 5.41) is 3.57. The van der Waals surface area contributed by atoms with Gasteiger partial charge in [0, 0.05) is 24.8 Å². The maximum absolute atomic E-state index is 4.22. The maximum atomic E-state index is 4.22. The minimum Gasteiger partial charge on any atom is -0.331 e. The molecule has 0 bridgehead atoms. The van der Waals surface area contributed by atoms with E-state index in [1.807, 2.05) is 24.3 Å². The van der Waals surface area contributed by atoms with E-state index in [4.69, 9.17) is 0 Å². The summed E-state index contributed by atoms with van der Waals surface area (Å²) in [6.45, 7) is 9.76. The van der Waals surface area contributed by atoms with Gasteiger partial charge in [-0.25, -0.2) is 4.98 Å². The van der Waals surface area contributed by atoms with E-state index in [0.29, 0.717) is 12.1 Å². The van der Waals surface area contributed by atoms with Crippen molar-refractivity contribution in [2.24, 2.45) is 0 Å². The molecule has 0 aliphatic heterocycles. The zero-order valence-electron chi connectivity index (χ0n) is 11.4. The highest BCUT2D eigenvalue weighted by atomic mass is 32.2. The predicted molar refractivity (Wildman–Crippen MR) is 76.5 cm³/mol. The Labute approximate surface area is 109 Å². The lowest BCUT2D eigenvalue weighted by Gasteiger charge is -2.16. The van der Waals surface area contributed by atoms with Gasteiger partial charge in [0.1, 0.15) is 0 Å². The summed E-state index contributed by atoms with van der Waals surface area (Å²) in [7, 11) is 0. The number of hydrogen-bond donors (Lipinski definition) is 1. The molecule has 0 spiro atoms. The molecule has 0 saturated carbocycles. The van der Waals surface area contributed by atoms with Crippen LogP contribution in [0, 0.1) is 0 Å². The lowest BCUT2D eigenvalue weighted by molar-refractivity contribution is 0.500. The van der Waals surface area contributed by atoms with Gasteiger partial charge >= 0.3 is 0 Å². The van der Waals surface area contributed by atoms with Crippen molar-refractivity contribution in [3.8, 4) is 0 Å². The summed E-state index contributed by atoms with van der Waals surface area (Å²) in [6, 6.07) is 1.06. The number of nitrogens with zero attached hydrogens (tertiary/aromatic N) is 2. The SMILES string of the molecule is CCSCCC(C)NCc1cncn1C(C)C. The molecule has 1 heterocycles.